The summed E-state index contributed by atoms with van der Waals surface area (Å²) in [6.45, 7) is 8.76. The molecule has 3 aromatic rings. The third-order valence-corrected chi connectivity index (χ3v) is 8.43. The van der Waals surface area contributed by atoms with Crippen molar-refractivity contribution in [2.75, 3.05) is 64.5 Å². The second-order valence-electron chi connectivity index (χ2n) is 11.4. The van der Waals surface area contributed by atoms with E-state index in [4.69, 9.17) is 18.9 Å². The summed E-state index contributed by atoms with van der Waals surface area (Å²) in [5, 5.41) is 3.54. The minimum Gasteiger partial charge on any atom is -0.490 e. The highest BCUT2D eigenvalue weighted by molar-refractivity contribution is 5.61. The number of piperidine rings is 1. The van der Waals surface area contributed by atoms with Gasteiger partial charge in [0.1, 0.15) is 24.2 Å². The van der Waals surface area contributed by atoms with Gasteiger partial charge in [-0.2, -0.15) is 0 Å². The minimum atomic E-state index is 0.124. The molecule has 0 radical (unpaired) electrons. The highest BCUT2D eigenvalue weighted by Gasteiger charge is 2.30. The Morgan fingerprint density at radius 2 is 1.83 bits per heavy atom. The van der Waals surface area contributed by atoms with Gasteiger partial charge in [0.2, 0.25) is 0 Å². The van der Waals surface area contributed by atoms with Gasteiger partial charge in [0, 0.05) is 52.4 Å². The zero-order chi connectivity index (χ0) is 27.9. The Morgan fingerprint density at radius 1 is 0.976 bits per heavy atom. The fraction of sp³-hybridized carbons (Fsp3) is 0.471. The molecule has 7 nitrogen and oxygen atoms in total. The van der Waals surface area contributed by atoms with Crippen molar-refractivity contribution in [3.05, 3.63) is 89.5 Å². The highest BCUT2D eigenvalue weighted by Crippen LogP contribution is 2.34. The lowest BCUT2D eigenvalue weighted by Crippen LogP contribution is -2.53. The van der Waals surface area contributed by atoms with Gasteiger partial charge in [0.25, 0.3) is 0 Å². The molecule has 3 aliphatic rings. The average molecular weight is 558 g/mol. The van der Waals surface area contributed by atoms with Crippen molar-refractivity contribution in [2.24, 2.45) is 0 Å². The van der Waals surface area contributed by atoms with Crippen LogP contribution in [0.3, 0.4) is 0 Å². The standard InChI is InChI=1S/C34H43N3O4/c1-38-18-5-16-37-17-19-39-33-13-8-27(20-32(33)37)25-40-34-21-35-15-14-31(34)28-9-11-29(12-10-28)41-30-23-36(24-30)22-26-6-3-2-4-7-26/h2-4,6-13,20,30-31,34-35H,5,14-19,21-25H2,1H3/t31-,34+/m1/s1. The van der Waals surface area contributed by atoms with Crippen molar-refractivity contribution in [1.29, 1.82) is 0 Å². The molecule has 0 spiro atoms. The molecule has 41 heavy (non-hydrogen) atoms. The number of rotatable bonds is 12. The molecular weight excluding hydrogens is 514 g/mol. The van der Waals surface area contributed by atoms with Crippen molar-refractivity contribution in [2.45, 2.75) is 44.1 Å². The van der Waals surface area contributed by atoms with E-state index in [2.05, 4.69) is 87.9 Å². The van der Waals surface area contributed by atoms with Crippen molar-refractivity contribution >= 4 is 5.69 Å². The van der Waals surface area contributed by atoms with Gasteiger partial charge < -0.3 is 29.2 Å². The van der Waals surface area contributed by atoms with E-state index in [1.165, 1.54) is 16.7 Å². The maximum Gasteiger partial charge on any atom is 0.142 e. The van der Waals surface area contributed by atoms with Gasteiger partial charge >= 0.3 is 0 Å². The molecule has 0 aromatic heterocycles. The molecule has 3 aliphatic heterocycles. The first kappa shape index (κ1) is 28.0. The average Bonchev–Trinajstić information content (AvgIpc) is 3.00. The summed E-state index contributed by atoms with van der Waals surface area (Å²) in [6.07, 6.45) is 2.45. The number of nitrogens with one attached hydrogen (secondary N) is 1. The molecule has 2 atom stereocenters. The molecule has 3 aromatic carbocycles. The van der Waals surface area contributed by atoms with Crippen LogP contribution in [0.1, 0.15) is 35.4 Å². The minimum absolute atomic E-state index is 0.124. The lowest BCUT2D eigenvalue weighted by Gasteiger charge is -2.39. The Labute approximate surface area is 244 Å². The van der Waals surface area contributed by atoms with Crippen LogP contribution >= 0.6 is 0 Å². The van der Waals surface area contributed by atoms with E-state index in [1.807, 2.05) is 0 Å². The molecule has 0 saturated carbocycles. The summed E-state index contributed by atoms with van der Waals surface area (Å²) < 4.78 is 24.0. The maximum atomic E-state index is 6.56. The topological polar surface area (TPSA) is 55.4 Å². The summed E-state index contributed by atoms with van der Waals surface area (Å²) in [7, 11) is 1.76. The number of nitrogens with zero attached hydrogens (tertiary/aromatic N) is 2. The number of anilines is 1. The lowest BCUT2D eigenvalue weighted by molar-refractivity contribution is 0.0102. The van der Waals surface area contributed by atoms with E-state index < -0.39 is 0 Å². The largest absolute Gasteiger partial charge is 0.490 e. The zero-order valence-corrected chi connectivity index (χ0v) is 24.2. The van der Waals surface area contributed by atoms with Crippen LogP contribution in [0.2, 0.25) is 0 Å². The Morgan fingerprint density at radius 3 is 2.66 bits per heavy atom. The highest BCUT2D eigenvalue weighted by atomic mass is 16.5. The third kappa shape index (κ3) is 7.22. The number of benzene rings is 3. The molecular formula is C34H43N3O4. The van der Waals surface area contributed by atoms with Gasteiger partial charge in [0.05, 0.1) is 24.9 Å². The Kier molecular flexibility index (Phi) is 9.38. The van der Waals surface area contributed by atoms with Crippen molar-refractivity contribution in [3.8, 4) is 11.5 Å². The normalized spacial score (nSPS) is 21.1. The third-order valence-electron chi connectivity index (χ3n) is 8.43. The van der Waals surface area contributed by atoms with Crippen LogP contribution in [0.5, 0.6) is 11.5 Å². The monoisotopic (exact) mass is 557 g/mol. The summed E-state index contributed by atoms with van der Waals surface area (Å²) in [4.78, 5) is 4.83. The van der Waals surface area contributed by atoms with Gasteiger partial charge in [-0.25, -0.2) is 0 Å². The van der Waals surface area contributed by atoms with Gasteiger partial charge in [-0.15, -0.1) is 0 Å². The predicted molar refractivity (Wildman–Crippen MR) is 162 cm³/mol. The number of hydrogen-bond donors (Lipinski definition) is 1. The Hall–Kier alpha value is -3.10. The first-order chi connectivity index (χ1) is 20.2. The molecule has 3 heterocycles. The summed E-state index contributed by atoms with van der Waals surface area (Å²) >= 11 is 0. The number of likely N-dealkylation sites (tertiary alicyclic amines) is 1. The second kappa shape index (κ2) is 13.7. The molecule has 6 rings (SSSR count). The zero-order valence-electron chi connectivity index (χ0n) is 24.2. The summed E-state index contributed by atoms with van der Waals surface area (Å²) in [6, 6.07) is 25.8. The molecule has 218 valence electrons. The van der Waals surface area contributed by atoms with Crippen molar-refractivity contribution in [3.63, 3.8) is 0 Å². The molecule has 0 amide bonds. The first-order valence-corrected chi connectivity index (χ1v) is 15.1. The summed E-state index contributed by atoms with van der Waals surface area (Å²) in [5.41, 5.74) is 5.03. The molecule has 0 unspecified atom stereocenters. The summed E-state index contributed by atoms with van der Waals surface area (Å²) in [5.74, 6) is 2.28. The van der Waals surface area contributed by atoms with Gasteiger partial charge in [-0.1, -0.05) is 48.5 Å². The van der Waals surface area contributed by atoms with Crippen LogP contribution in [-0.4, -0.2) is 76.7 Å². The lowest BCUT2D eigenvalue weighted by atomic mass is 9.87. The molecule has 7 heteroatoms. The van der Waals surface area contributed by atoms with Gasteiger partial charge in [0.15, 0.2) is 0 Å². The van der Waals surface area contributed by atoms with Gasteiger partial charge in [-0.05, 0) is 60.3 Å². The Balaban J connectivity index is 1.02. The molecule has 2 saturated heterocycles. The van der Waals surface area contributed by atoms with E-state index in [-0.39, 0.29) is 12.2 Å². The van der Waals surface area contributed by atoms with Crippen LogP contribution in [0, 0.1) is 0 Å². The molecule has 2 fully saturated rings. The van der Waals surface area contributed by atoms with Crippen LogP contribution in [0.15, 0.2) is 72.8 Å². The second-order valence-corrected chi connectivity index (χ2v) is 11.4. The number of ether oxygens (including phenoxy) is 4. The van der Waals surface area contributed by atoms with E-state index in [9.17, 15) is 0 Å². The molecule has 1 N–H and O–H groups in total. The molecule has 0 bridgehead atoms. The van der Waals surface area contributed by atoms with E-state index >= 15 is 0 Å². The van der Waals surface area contributed by atoms with Crippen LogP contribution in [0.25, 0.3) is 0 Å². The van der Waals surface area contributed by atoms with Crippen LogP contribution in [-0.2, 0) is 22.6 Å². The van der Waals surface area contributed by atoms with Crippen molar-refractivity contribution < 1.29 is 18.9 Å². The SMILES string of the molecule is COCCCN1CCOc2ccc(CO[C@H]3CNCC[C@@H]3c3ccc(OC4CN(Cc5ccccc5)C4)cc3)cc21. The van der Waals surface area contributed by atoms with Crippen molar-refractivity contribution in [1.82, 2.24) is 10.2 Å². The smallest absolute Gasteiger partial charge is 0.142 e. The maximum absolute atomic E-state index is 6.56. The Bertz CT molecular complexity index is 1230. The van der Waals surface area contributed by atoms with Crippen LogP contribution < -0.4 is 19.7 Å². The number of methoxy groups -OCH3 is 1. The fourth-order valence-corrected chi connectivity index (χ4v) is 6.18. The fourth-order valence-electron chi connectivity index (χ4n) is 6.18. The van der Waals surface area contributed by atoms with Crippen LogP contribution in [0.4, 0.5) is 5.69 Å². The number of fused-ring (bicyclic) bond motifs is 1. The van der Waals surface area contributed by atoms with E-state index in [0.717, 1.165) is 89.1 Å². The molecule has 0 aliphatic carbocycles. The number of hydrogen-bond acceptors (Lipinski definition) is 7. The van der Waals surface area contributed by atoms with E-state index in [0.29, 0.717) is 12.5 Å². The predicted octanol–water partition coefficient (Wildman–Crippen LogP) is 4.85. The first-order valence-electron chi connectivity index (χ1n) is 15.1. The quantitative estimate of drug-likeness (QED) is 0.320. The van der Waals surface area contributed by atoms with E-state index in [1.54, 1.807) is 7.11 Å². The van der Waals surface area contributed by atoms with Gasteiger partial charge in [-0.3, -0.25) is 4.90 Å².